The van der Waals surface area contributed by atoms with Gasteiger partial charge < -0.3 is 9.64 Å². The minimum absolute atomic E-state index is 0.0411. The van der Waals surface area contributed by atoms with Gasteiger partial charge in [0.05, 0.1) is 11.0 Å². The molecule has 114 valence electrons. The molecule has 21 heavy (non-hydrogen) atoms. The van der Waals surface area contributed by atoms with Crippen LogP contribution in [0.5, 0.6) is 5.75 Å². The minimum atomic E-state index is -0.483. The maximum Gasteiger partial charge on any atom is 0.273 e. The number of non-ortho nitro benzene ring substituents is 1. The van der Waals surface area contributed by atoms with Gasteiger partial charge in [0.15, 0.2) is 6.61 Å². The van der Waals surface area contributed by atoms with Crippen molar-refractivity contribution >= 4 is 11.6 Å². The van der Waals surface area contributed by atoms with Crippen LogP contribution in [0.3, 0.4) is 0 Å². The zero-order valence-corrected chi connectivity index (χ0v) is 12.2. The van der Waals surface area contributed by atoms with Gasteiger partial charge in [0.25, 0.3) is 11.6 Å². The van der Waals surface area contributed by atoms with Gasteiger partial charge in [0, 0.05) is 19.2 Å². The number of amides is 1. The highest BCUT2D eigenvalue weighted by Gasteiger charge is 2.22. The number of benzene rings is 1. The Morgan fingerprint density at radius 3 is 2.76 bits per heavy atom. The molecule has 0 atom stereocenters. The van der Waals surface area contributed by atoms with E-state index in [1.54, 1.807) is 24.1 Å². The van der Waals surface area contributed by atoms with E-state index in [9.17, 15) is 14.9 Å². The molecule has 0 N–H and O–H groups in total. The van der Waals surface area contributed by atoms with Crippen LogP contribution in [0.4, 0.5) is 5.69 Å². The molecule has 0 spiro atoms. The zero-order valence-electron chi connectivity index (χ0n) is 12.2. The van der Waals surface area contributed by atoms with Crippen molar-refractivity contribution in [1.82, 2.24) is 4.90 Å². The molecular formula is C15H20N2O4. The first-order chi connectivity index (χ1) is 10.1. The number of carbonyl (C=O) groups is 1. The van der Waals surface area contributed by atoms with Crippen LogP contribution >= 0.6 is 0 Å². The van der Waals surface area contributed by atoms with Gasteiger partial charge >= 0.3 is 0 Å². The van der Waals surface area contributed by atoms with Gasteiger partial charge in [-0.2, -0.15) is 0 Å². The largest absolute Gasteiger partial charge is 0.484 e. The smallest absolute Gasteiger partial charge is 0.273 e. The van der Waals surface area contributed by atoms with Crippen LogP contribution in [0.1, 0.15) is 32.1 Å². The summed E-state index contributed by atoms with van der Waals surface area (Å²) in [7, 11) is 1.80. The van der Waals surface area contributed by atoms with E-state index < -0.39 is 4.92 Å². The lowest BCUT2D eigenvalue weighted by molar-refractivity contribution is -0.384. The maximum absolute atomic E-state index is 12.1. The molecule has 2 rings (SSSR count). The molecule has 1 amide bonds. The predicted molar refractivity (Wildman–Crippen MR) is 78.2 cm³/mol. The quantitative estimate of drug-likeness (QED) is 0.618. The summed E-state index contributed by atoms with van der Waals surface area (Å²) in [6.07, 6.45) is 5.64. The van der Waals surface area contributed by atoms with Crippen LogP contribution < -0.4 is 4.74 Å². The number of nitro benzene ring substituents is 1. The lowest BCUT2D eigenvalue weighted by atomic mass is 9.94. The summed E-state index contributed by atoms with van der Waals surface area (Å²) < 4.78 is 5.37. The average Bonchev–Trinajstić information content (AvgIpc) is 2.53. The van der Waals surface area contributed by atoms with Gasteiger partial charge in [-0.15, -0.1) is 0 Å². The lowest BCUT2D eigenvalue weighted by Crippen LogP contribution is -2.40. The number of likely N-dealkylation sites (N-methyl/N-ethyl adjacent to an activating group) is 1. The Kier molecular flexibility index (Phi) is 5.14. The molecule has 0 radical (unpaired) electrons. The van der Waals surface area contributed by atoms with Crippen LogP contribution in [0, 0.1) is 10.1 Å². The molecule has 1 aliphatic carbocycles. The number of rotatable bonds is 5. The van der Waals surface area contributed by atoms with Crippen LogP contribution in [0.2, 0.25) is 0 Å². The van der Waals surface area contributed by atoms with Crippen molar-refractivity contribution < 1.29 is 14.5 Å². The first kappa shape index (κ1) is 15.3. The van der Waals surface area contributed by atoms with Crippen molar-refractivity contribution in [3.05, 3.63) is 34.4 Å². The Balaban J connectivity index is 1.88. The summed E-state index contributed by atoms with van der Waals surface area (Å²) >= 11 is 0. The third-order valence-corrected chi connectivity index (χ3v) is 3.91. The molecule has 0 heterocycles. The second-order valence-electron chi connectivity index (χ2n) is 5.34. The molecule has 1 fully saturated rings. The molecule has 1 saturated carbocycles. The zero-order chi connectivity index (χ0) is 15.2. The van der Waals surface area contributed by atoms with Crippen molar-refractivity contribution in [2.24, 2.45) is 0 Å². The number of hydrogen-bond donors (Lipinski definition) is 0. The molecule has 0 unspecified atom stereocenters. The SMILES string of the molecule is CN(C(=O)COc1cccc([N+](=O)[O-])c1)C1CCCCC1. The molecule has 6 nitrogen and oxygen atoms in total. The molecule has 1 aliphatic rings. The van der Waals surface area contributed by atoms with E-state index in [1.165, 1.54) is 18.6 Å². The van der Waals surface area contributed by atoms with Gasteiger partial charge in [-0.05, 0) is 18.9 Å². The number of carbonyl (C=O) groups excluding carboxylic acids is 1. The summed E-state index contributed by atoms with van der Waals surface area (Å²) in [4.78, 5) is 24.0. The van der Waals surface area contributed by atoms with E-state index in [1.807, 2.05) is 0 Å². The van der Waals surface area contributed by atoms with Gasteiger partial charge in [-0.25, -0.2) is 0 Å². The van der Waals surface area contributed by atoms with E-state index in [0.717, 1.165) is 25.7 Å². The molecular weight excluding hydrogens is 272 g/mol. The topological polar surface area (TPSA) is 72.7 Å². The van der Waals surface area contributed by atoms with Gasteiger partial charge in [0.2, 0.25) is 0 Å². The number of nitro groups is 1. The van der Waals surface area contributed by atoms with E-state index in [2.05, 4.69) is 0 Å². The van der Waals surface area contributed by atoms with Gasteiger partial charge in [0.1, 0.15) is 5.75 Å². The molecule has 0 bridgehead atoms. The molecule has 0 aromatic heterocycles. The van der Waals surface area contributed by atoms with E-state index in [0.29, 0.717) is 11.8 Å². The molecule has 0 saturated heterocycles. The third-order valence-electron chi connectivity index (χ3n) is 3.91. The van der Waals surface area contributed by atoms with Crippen LogP contribution in [0.25, 0.3) is 0 Å². The Morgan fingerprint density at radius 1 is 1.38 bits per heavy atom. The van der Waals surface area contributed by atoms with E-state index >= 15 is 0 Å². The number of nitrogens with zero attached hydrogens (tertiary/aromatic N) is 2. The molecule has 6 heteroatoms. The molecule has 1 aromatic rings. The van der Waals surface area contributed by atoms with Gasteiger partial charge in [-0.1, -0.05) is 25.3 Å². The number of ether oxygens (including phenoxy) is 1. The lowest BCUT2D eigenvalue weighted by Gasteiger charge is -2.31. The first-order valence-corrected chi connectivity index (χ1v) is 7.21. The van der Waals surface area contributed by atoms with Crippen molar-refractivity contribution in [1.29, 1.82) is 0 Å². The first-order valence-electron chi connectivity index (χ1n) is 7.21. The summed E-state index contributed by atoms with van der Waals surface area (Å²) in [5.74, 6) is 0.253. The van der Waals surface area contributed by atoms with Crippen molar-refractivity contribution in [2.45, 2.75) is 38.1 Å². The maximum atomic E-state index is 12.1. The fraction of sp³-hybridized carbons (Fsp3) is 0.533. The Labute approximate surface area is 123 Å². The van der Waals surface area contributed by atoms with E-state index in [-0.39, 0.29) is 18.2 Å². The highest BCUT2D eigenvalue weighted by molar-refractivity contribution is 5.77. The summed E-state index contributed by atoms with van der Waals surface area (Å²) in [6.45, 7) is -0.0891. The molecule has 1 aromatic carbocycles. The summed E-state index contributed by atoms with van der Waals surface area (Å²) in [5.41, 5.74) is -0.0411. The van der Waals surface area contributed by atoms with Crippen LogP contribution in [0.15, 0.2) is 24.3 Å². The van der Waals surface area contributed by atoms with Crippen molar-refractivity contribution in [3.63, 3.8) is 0 Å². The predicted octanol–water partition coefficient (Wildman–Crippen LogP) is 2.76. The Bertz CT molecular complexity index is 512. The normalized spacial score (nSPS) is 15.5. The second-order valence-corrected chi connectivity index (χ2v) is 5.34. The summed E-state index contributed by atoms with van der Waals surface area (Å²) in [6, 6.07) is 6.17. The highest BCUT2D eigenvalue weighted by Crippen LogP contribution is 2.22. The highest BCUT2D eigenvalue weighted by atomic mass is 16.6. The monoisotopic (exact) mass is 292 g/mol. The average molecular weight is 292 g/mol. The number of hydrogen-bond acceptors (Lipinski definition) is 4. The fourth-order valence-electron chi connectivity index (χ4n) is 2.61. The standard InChI is InChI=1S/C15H20N2O4/c1-16(12-6-3-2-4-7-12)15(18)11-21-14-9-5-8-13(10-14)17(19)20/h5,8-10,12H,2-4,6-7,11H2,1H3. The minimum Gasteiger partial charge on any atom is -0.484 e. The Hall–Kier alpha value is -2.11. The second kappa shape index (κ2) is 7.06. The third kappa shape index (κ3) is 4.18. The van der Waals surface area contributed by atoms with Crippen molar-refractivity contribution in [2.75, 3.05) is 13.7 Å². The Morgan fingerprint density at radius 2 is 2.10 bits per heavy atom. The van der Waals surface area contributed by atoms with E-state index in [4.69, 9.17) is 4.74 Å². The molecule has 0 aliphatic heterocycles. The van der Waals surface area contributed by atoms with Crippen molar-refractivity contribution in [3.8, 4) is 5.75 Å². The van der Waals surface area contributed by atoms with Crippen LogP contribution in [-0.2, 0) is 4.79 Å². The van der Waals surface area contributed by atoms with Gasteiger partial charge in [-0.3, -0.25) is 14.9 Å². The van der Waals surface area contributed by atoms with Crippen LogP contribution in [-0.4, -0.2) is 35.4 Å². The summed E-state index contributed by atoms with van der Waals surface area (Å²) in [5, 5.41) is 10.7. The fourth-order valence-corrected chi connectivity index (χ4v) is 2.61.